The number of aryl methyl sites for hydroxylation is 2. The van der Waals surface area contributed by atoms with E-state index < -0.39 is 0 Å². The second-order valence-electron chi connectivity index (χ2n) is 7.24. The van der Waals surface area contributed by atoms with Gasteiger partial charge in [0.25, 0.3) is 0 Å². The minimum atomic E-state index is -0.333. The number of anilines is 2. The third-order valence-electron chi connectivity index (χ3n) is 5.01. The summed E-state index contributed by atoms with van der Waals surface area (Å²) in [5, 5.41) is 11.6. The number of methoxy groups -OCH3 is 1. The van der Waals surface area contributed by atoms with Crippen LogP contribution in [0.3, 0.4) is 0 Å². The Morgan fingerprint density at radius 1 is 1.23 bits per heavy atom. The topological polar surface area (TPSA) is 81.1 Å². The first-order chi connectivity index (χ1) is 14.5. The molecule has 1 aliphatic rings. The van der Waals surface area contributed by atoms with Crippen molar-refractivity contribution in [3.8, 4) is 0 Å². The van der Waals surface area contributed by atoms with Crippen LogP contribution in [0.1, 0.15) is 44.8 Å². The number of thiophene rings is 1. The average molecular weight is 442 g/mol. The lowest BCUT2D eigenvalue weighted by molar-refractivity contribution is 0.0601. The van der Waals surface area contributed by atoms with Crippen molar-refractivity contribution in [2.75, 3.05) is 17.7 Å². The van der Waals surface area contributed by atoms with Gasteiger partial charge >= 0.3 is 5.97 Å². The highest BCUT2D eigenvalue weighted by Gasteiger charge is 2.26. The van der Waals surface area contributed by atoms with Gasteiger partial charge in [-0.15, -0.1) is 16.4 Å². The van der Waals surface area contributed by atoms with Crippen LogP contribution in [0.2, 0.25) is 0 Å². The molecule has 4 rings (SSSR count). The van der Waals surface area contributed by atoms with Crippen molar-refractivity contribution in [3.05, 3.63) is 57.7 Å². The number of fused-ring (bicyclic) bond motifs is 1. The molecule has 0 unspecified atom stereocenters. The Hall–Kier alpha value is -2.78. The summed E-state index contributed by atoms with van der Waals surface area (Å²) in [7, 11) is 1.40. The number of esters is 1. The molecule has 3 aromatic rings. The van der Waals surface area contributed by atoms with Crippen molar-refractivity contribution >= 4 is 45.6 Å². The molecular formula is C21H23N5O2S2. The monoisotopic (exact) mass is 441 g/mol. The summed E-state index contributed by atoms with van der Waals surface area (Å²) >= 11 is 7.00. The Morgan fingerprint density at radius 3 is 2.77 bits per heavy atom. The number of rotatable bonds is 5. The number of nitrogens with zero attached hydrogens (tertiary/aromatic N) is 3. The van der Waals surface area contributed by atoms with Crippen LogP contribution in [0.25, 0.3) is 0 Å². The number of benzene rings is 1. The predicted octanol–water partition coefficient (Wildman–Crippen LogP) is 4.17. The first-order valence-corrected chi connectivity index (χ1v) is 11.0. The molecule has 30 heavy (non-hydrogen) atoms. The number of ether oxygens (including phenoxy) is 1. The van der Waals surface area contributed by atoms with Crippen molar-refractivity contribution < 1.29 is 9.53 Å². The van der Waals surface area contributed by atoms with Gasteiger partial charge in [-0.1, -0.05) is 29.8 Å². The molecule has 0 atom stereocenters. The van der Waals surface area contributed by atoms with Crippen LogP contribution in [-0.4, -0.2) is 33.0 Å². The molecule has 2 heterocycles. The Kier molecular flexibility index (Phi) is 6.10. The molecule has 0 saturated carbocycles. The number of nitrogens with one attached hydrogen (secondary N) is 2. The normalized spacial score (nSPS) is 12.9. The minimum Gasteiger partial charge on any atom is -0.465 e. The molecule has 2 aromatic heterocycles. The number of hydrogen-bond donors (Lipinski definition) is 2. The molecule has 2 N–H and O–H groups in total. The third kappa shape index (κ3) is 4.52. The summed E-state index contributed by atoms with van der Waals surface area (Å²) < 4.78 is 6.75. The SMILES string of the molecule is COC(=O)c1c(NC(=S)Nc2ncn(Cc3ccc(C)cc3)n2)sc2c1CCCC2. The summed E-state index contributed by atoms with van der Waals surface area (Å²) in [5.74, 6) is 0.0701. The van der Waals surface area contributed by atoms with Gasteiger partial charge in [0.2, 0.25) is 5.95 Å². The van der Waals surface area contributed by atoms with Crippen molar-refractivity contribution in [1.82, 2.24) is 14.8 Å². The zero-order valence-electron chi connectivity index (χ0n) is 16.9. The fraction of sp³-hybridized carbons (Fsp3) is 0.333. The third-order valence-corrected chi connectivity index (χ3v) is 6.43. The molecule has 9 heteroatoms. The van der Waals surface area contributed by atoms with Gasteiger partial charge < -0.3 is 10.1 Å². The van der Waals surface area contributed by atoms with E-state index in [1.165, 1.54) is 17.6 Å². The second-order valence-corrected chi connectivity index (χ2v) is 8.75. The highest BCUT2D eigenvalue weighted by atomic mass is 32.1. The van der Waals surface area contributed by atoms with Crippen LogP contribution in [-0.2, 0) is 24.1 Å². The second kappa shape index (κ2) is 8.93. The molecule has 0 fully saturated rings. The van der Waals surface area contributed by atoms with Gasteiger partial charge in [-0.3, -0.25) is 5.32 Å². The number of aromatic nitrogens is 3. The lowest BCUT2D eigenvalue weighted by atomic mass is 9.95. The van der Waals surface area contributed by atoms with Gasteiger partial charge in [-0.2, -0.15) is 0 Å². The van der Waals surface area contributed by atoms with Gasteiger partial charge in [0.15, 0.2) is 5.11 Å². The smallest absolute Gasteiger partial charge is 0.341 e. The first-order valence-electron chi connectivity index (χ1n) is 9.79. The quantitative estimate of drug-likeness (QED) is 0.454. The molecular weight excluding hydrogens is 418 g/mol. The highest BCUT2D eigenvalue weighted by Crippen LogP contribution is 2.38. The molecule has 1 aliphatic carbocycles. The van der Waals surface area contributed by atoms with Gasteiger partial charge in [0, 0.05) is 4.88 Å². The minimum absolute atomic E-state index is 0.333. The van der Waals surface area contributed by atoms with E-state index in [0.717, 1.165) is 36.8 Å². The van der Waals surface area contributed by atoms with Crippen molar-refractivity contribution in [2.45, 2.75) is 39.2 Å². The Balaban J connectivity index is 1.44. The van der Waals surface area contributed by atoms with Gasteiger partial charge in [0.05, 0.1) is 19.2 Å². The van der Waals surface area contributed by atoms with Crippen LogP contribution >= 0.6 is 23.6 Å². The average Bonchev–Trinajstić information content (AvgIpc) is 3.32. The van der Waals surface area contributed by atoms with E-state index in [1.807, 2.05) is 0 Å². The van der Waals surface area contributed by atoms with Crippen LogP contribution < -0.4 is 10.6 Å². The van der Waals surface area contributed by atoms with Crippen LogP contribution in [0, 0.1) is 6.92 Å². The molecule has 0 bridgehead atoms. The molecule has 0 aliphatic heterocycles. The highest BCUT2D eigenvalue weighted by molar-refractivity contribution is 7.80. The lowest BCUT2D eigenvalue weighted by Gasteiger charge is -2.12. The summed E-state index contributed by atoms with van der Waals surface area (Å²) in [4.78, 5) is 17.9. The zero-order valence-corrected chi connectivity index (χ0v) is 18.5. The molecule has 0 radical (unpaired) electrons. The van der Waals surface area contributed by atoms with E-state index in [9.17, 15) is 4.79 Å². The summed E-state index contributed by atoms with van der Waals surface area (Å²) in [6.45, 7) is 2.68. The van der Waals surface area contributed by atoms with E-state index in [1.54, 1.807) is 22.3 Å². The first kappa shape index (κ1) is 20.5. The number of thiocarbonyl (C=S) groups is 1. The van der Waals surface area contributed by atoms with Crippen molar-refractivity contribution in [2.24, 2.45) is 0 Å². The molecule has 0 spiro atoms. The van der Waals surface area contributed by atoms with Crippen LogP contribution in [0.5, 0.6) is 0 Å². The zero-order chi connectivity index (χ0) is 21.1. The van der Waals surface area contributed by atoms with E-state index >= 15 is 0 Å². The van der Waals surface area contributed by atoms with E-state index in [-0.39, 0.29) is 5.97 Å². The fourth-order valence-corrected chi connectivity index (χ4v) is 5.06. The van der Waals surface area contributed by atoms with Gasteiger partial charge in [-0.05, 0) is 56.0 Å². The molecule has 0 saturated heterocycles. The molecule has 1 aromatic carbocycles. The van der Waals surface area contributed by atoms with E-state index in [2.05, 4.69) is 51.9 Å². The largest absolute Gasteiger partial charge is 0.465 e. The standard InChI is InChI=1S/C21H23N5O2S2/c1-13-7-9-14(10-8-13)11-26-12-22-20(25-26)24-21(29)23-18-17(19(27)28-2)15-5-3-4-6-16(15)30-18/h7-10,12H,3-6,11H2,1-2H3,(H2,23,24,25,29). The van der Waals surface area contributed by atoms with Gasteiger partial charge in [-0.25, -0.2) is 14.5 Å². The number of carbonyl (C=O) groups excluding carboxylic acids is 1. The van der Waals surface area contributed by atoms with E-state index in [0.29, 0.717) is 28.2 Å². The van der Waals surface area contributed by atoms with Crippen molar-refractivity contribution in [1.29, 1.82) is 0 Å². The maximum atomic E-state index is 12.4. The Bertz CT molecular complexity index is 1070. The van der Waals surface area contributed by atoms with Crippen molar-refractivity contribution in [3.63, 3.8) is 0 Å². The van der Waals surface area contributed by atoms with Gasteiger partial charge in [0.1, 0.15) is 11.3 Å². The Labute approximate surface area is 184 Å². The number of hydrogen-bond acceptors (Lipinski definition) is 6. The summed E-state index contributed by atoms with van der Waals surface area (Å²) in [5.41, 5.74) is 4.05. The lowest BCUT2D eigenvalue weighted by Crippen LogP contribution is -2.21. The fourth-order valence-electron chi connectivity index (χ4n) is 3.52. The summed E-state index contributed by atoms with van der Waals surface area (Å²) in [6, 6.07) is 8.29. The Morgan fingerprint density at radius 2 is 2.00 bits per heavy atom. The maximum absolute atomic E-state index is 12.4. The predicted molar refractivity (Wildman–Crippen MR) is 122 cm³/mol. The molecule has 0 amide bonds. The van der Waals surface area contributed by atoms with Crippen LogP contribution in [0.15, 0.2) is 30.6 Å². The van der Waals surface area contributed by atoms with E-state index in [4.69, 9.17) is 17.0 Å². The molecule has 7 nitrogen and oxygen atoms in total. The maximum Gasteiger partial charge on any atom is 0.341 e. The number of carbonyl (C=O) groups is 1. The summed E-state index contributed by atoms with van der Waals surface area (Å²) in [6.07, 6.45) is 5.76. The van der Waals surface area contributed by atoms with Crippen LogP contribution in [0.4, 0.5) is 10.9 Å². The molecule has 156 valence electrons.